The molecule has 3 nitrogen and oxygen atoms in total. The smallest absolute Gasteiger partial charge is 0.211 e. The monoisotopic (exact) mass is 174 g/mol. The second kappa shape index (κ2) is 3.39. The minimum absolute atomic E-state index is 0.693. The molecule has 1 aromatic rings. The second-order valence-corrected chi connectivity index (χ2v) is 2.93. The molecule has 0 saturated carbocycles. The van der Waals surface area contributed by atoms with Crippen molar-refractivity contribution < 1.29 is 4.79 Å². The molecule has 1 aliphatic rings. The molecule has 1 amide bonds. The Hall–Kier alpha value is -1.64. The number of benzene rings is 1. The lowest BCUT2D eigenvalue weighted by Crippen LogP contribution is -2.07. The fourth-order valence-electron chi connectivity index (χ4n) is 1.51. The standard InChI is InChI=1S/C10H10N2O/c13-7-12-10-3-1-2-8-4-5-11-6-9(8)10/h1-3,6-7H,4-5H2,(H,12,13). The van der Waals surface area contributed by atoms with Crippen LogP contribution in [0, 0.1) is 0 Å². The third-order valence-electron chi connectivity index (χ3n) is 2.14. The fraction of sp³-hybridized carbons (Fsp3) is 0.200. The van der Waals surface area contributed by atoms with Crippen molar-refractivity contribution in [2.24, 2.45) is 4.99 Å². The second-order valence-electron chi connectivity index (χ2n) is 2.93. The Kier molecular flexibility index (Phi) is 2.08. The van der Waals surface area contributed by atoms with Gasteiger partial charge in [0.05, 0.1) is 0 Å². The Morgan fingerprint density at radius 2 is 2.38 bits per heavy atom. The zero-order valence-electron chi connectivity index (χ0n) is 7.16. The highest BCUT2D eigenvalue weighted by Gasteiger charge is 2.08. The van der Waals surface area contributed by atoms with Crippen molar-refractivity contribution in [1.82, 2.24) is 0 Å². The van der Waals surface area contributed by atoms with Gasteiger partial charge in [-0.05, 0) is 18.1 Å². The van der Waals surface area contributed by atoms with Crippen LogP contribution in [0.15, 0.2) is 23.2 Å². The highest BCUT2D eigenvalue weighted by atomic mass is 16.1. The van der Waals surface area contributed by atoms with E-state index in [1.54, 1.807) is 0 Å². The number of aliphatic imine (C=N–C) groups is 1. The van der Waals surface area contributed by atoms with Crippen LogP contribution in [-0.4, -0.2) is 19.2 Å². The number of rotatable bonds is 2. The Bertz CT molecular complexity index is 358. The van der Waals surface area contributed by atoms with Gasteiger partial charge in [0.2, 0.25) is 6.41 Å². The van der Waals surface area contributed by atoms with Crippen molar-refractivity contribution >= 4 is 18.3 Å². The minimum Gasteiger partial charge on any atom is -0.328 e. The molecule has 1 aliphatic heterocycles. The molecule has 0 aliphatic carbocycles. The molecule has 13 heavy (non-hydrogen) atoms. The van der Waals surface area contributed by atoms with Gasteiger partial charge >= 0.3 is 0 Å². The third kappa shape index (κ3) is 1.45. The van der Waals surface area contributed by atoms with Crippen molar-refractivity contribution in [2.45, 2.75) is 6.42 Å². The van der Waals surface area contributed by atoms with Gasteiger partial charge in [-0.15, -0.1) is 0 Å². The molecule has 1 aromatic carbocycles. The molecular weight excluding hydrogens is 164 g/mol. The van der Waals surface area contributed by atoms with E-state index in [4.69, 9.17) is 0 Å². The van der Waals surface area contributed by atoms with Crippen LogP contribution >= 0.6 is 0 Å². The van der Waals surface area contributed by atoms with Gasteiger partial charge in [0, 0.05) is 24.0 Å². The summed E-state index contributed by atoms with van der Waals surface area (Å²) >= 11 is 0. The molecule has 2 rings (SSSR count). The van der Waals surface area contributed by atoms with Crippen LogP contribution in [0.5, 0.6) is 0 Å². The van der Waals surface area contributed by atoms with E-state index < -0.39 is 0 Å². The number of nitrogens with zero attached hydrogens (tertiary/aromatic N) is 1. The van der Waals surface area contributed by atoms with Crippen LogP contribution in [0.25, 0.3) is 0 Å². The number of amides is 1. The summed E-state index contributed by atoms with van der Waals surface area (Å²) in [5, 5.41) is 2.66. The van der Waals surface area contributed by atoms with Crippen molar-refractivity contribution in [2.75, 3.05) is 11.9 Å². The van der Waals surface area contributed by atoms with Crippen molar-refractivity contribution in [1.29, 1.82) is 0 Å². The van der Waals surface area contributed by atoms with Gasteiger partial charge in [0.25, 0.3) is 0 Å². The summed E-state index contributed by atoms with van der Waals surface area (Å²) in [7, 11) is 0. The van der Waals surface area contributed by atoms with E-state index in [1.807, 2.05) is 18.3 Å². The minimum atomic E-state index is 0.693. The summed E-state index contributed by atoms with van der Waals surface area (Å²) < 4.78 is 0. The van der Waals surface area contributed by atoms with Crippen LogP contribution in [-0.2, 0) is 11.2 Å². The zero-order valence-corrected chi connectivity index (χ0v) is 7.16. The summed E-state index contributed by atoms with van der Waals surface area (Å²) in [6.45, 7) is 0.845. The number of fused-ring (bicyclic) bond motifs is 1. The van der Waals surface area contributed by atoms with E-state index in [9.17, 15) is 4.79 Å². The number of carbonyl (C=O) groups is 1. The van der Waals surface area contributed by atoms with E-state index in [2.05, 4.69) is 16.4 Å². The molecule has 0 saturated heterocycles. The third-order valence-corrected chi connectivity index (χ3v) is 2.14. The summed E-state index contributed by atoms with van der Waals surface area (Å²) in [6, 6.07) is 5.89. The SMILES string of the molecule is O=CNc1cccc2c1C=NCC2. The van der Waals surface area contributed by atoms with Crippen molar-refractivity contribution in [3.63, 3.8) is 0 Å². The van der Waals surface area contributed by atoms with Gasteiger partial charge in [0.15, 0.2) is 0 Å². The van der Waals surface area contributed by atoms with E-state index in [1.165, 1.54) is 5.56 Å². The summed E-state index contributed by atoms with van der Waals surface area (Å²) in [5.74, 6) is 0. The molecule has 0 unspecified atom stereocenters. The van der Waals surface area contributed by atoms with Gasteiger partial charge in [-0.2, -0.15) is 0 Å². The number of carbonyl (C=O) groups excluding carboxylic acids is 1. The number of hydrogen-bond acceptors (Lipinski definition) is 2. The summed E-state index contributed by atoms with van der Waals surface area (Å²) in [5.41, 5.74) is 3.14. The Morgan fingerprint density at radius 3 is 3.23 bits per heavy atom. The van der Waals surface area contributed by atoms with E-state index >= 15 is 0 Å². The van der Waals surface area contributed by atoms with E-state index in [-0.39, 0.29) is 0 Å². The lowest BCUT2D eigenvalue weighted by molar-refractivity contribution is -0.105. The zero-order chi connectivity index (χ0) is 9.10. The predicted molar refractivity (Wildman–Crippen MR) is 52.3 cm³/mol. The van der Waals surface area contributed by atoms with Crippen molar-refractivity contribution in [3.8, 4) is 0 Å². The highest BCUT2D eigenvalue weighted by Crippen LogP contribution is 2.20. The maximum Gasteiger partial charge on any atom is 0.211 e. The first-order valence-electron chi connectivity index (χ1n) is 4.24. The summed E-state index contributed by atoms with van der Waals surface area (Å²) in [4.78, 5) is 14.5. The number of nitrogens with one attached hydrogen (secondary N) is 1. The molecule has 1 heterocycles. The van der Waals surface area contributed by atoms with Crippen molar-refractivity contribution in [3.05, 3.63) is 29.3 Å². The topological polar surface area (TPSA) is 41.5 Å². The Morgan fingerprint density at radius 1 is 1.46 bits per heavy atom. The van der Waals surface area contributed by atoms with Gasteiger partial charge in [0.1, 0.15) is 0 Å². The number of anilines is 1. The highest BCUT2D eigenvalue weighted by molar-refractivity contribution is 5.93. The molecule has 0 fully saturated rings. The molecule has 0 aromatic heterocycles. The van der Waals surface area contributed by atoms with Gasteiger partial charge in [-0.25, -0.2) is 0 Å². The number of hydrogen-bond donors (Lipinski definition) is 1. The molecule has 3 heteroatoms. The molecule has 0 atom stereocenters. The first kappa shape index (κ1) is 7.98. The molecule has 1 N–H and O–H groups in total. The first-order chi connectivity index (χ1) is 6.42. The summed E-state index contributed by atoms with van der Waals surface area (Å²) in [6.07, 6.45) is 3.48. The average Bonchev–Trinajstić information content (AvgIpc) is 2.19. The van der Waals surface area contributed by atoms with E-state index in [0.29, 0.717) is 6.41 Å². The molecular formula is C10H10N2O. The fourth-order valence-corrected chi connectivity index (χ4v) is 1.51. The first-order valence-corrected chi connectivity index (χ1v) is 4.24. The Balaban J connectivity index is 2.47. The predicted octanol–water partition coefficient (Wildman–Crippen LogP) is 1.23. The van der Waals surface area contributed by atoms with Crippen LogP contribution in [0.2, 0.25) is 0 Å². The van der Waals surface area contributed by atoms with Crippen LogP contribution in [0.4, 0.5) is 5.69 Å². The quantitative estimate of drug-likeness (QED) is 0.673. The molecule has 0 bridgehead atoms. The lowest BCUT2D eigenvalue weighted by atomic mass is 10.0. The van der Waals surface area contributed by atoms with Crippen LogP contribution in [0.1, 0.15) is 11.1 Å². The van der Waals surface area contributed by atoms with Gasteiger partial charge in [-0.1, -0.05) is 12.1 Å². The molecule has 66 valence electrons. The van der Waals surface area contributed by atoms with Crippen LogP contribution in [0.3, 0.4) is 0 Å². The van der Waals surface area contributed by atoms with Gasteiger partial charge < -0.3 is 5.32 Å². The van der Waals surface area contributed by atoms with E-state index in [0.717, 1.165) is 24.2 Å². The molecule has 0 spiro atoms. The van der Waals surface area contributed by atoms with Gasteiger partial charge in [-0.3, -0.25) is 9.79 Å². The lowest BCUT2D eigenvalue weighted by Gasteiger charge is -2.12. The van der Waals surface area contributed by atoms with Crippen LogP contribution < -0.4 is 5.32 Å². The largest absolute Gasteiger partial charge is 0.328 e. The normalized spacial score (nSPS) is 13.5. The maximum absolute atomic E-state index is 10.3. The molecule has 0 radical (unpaired) electrons. The average molecular weight is 174 g/mol. The maximum atomic E-state index is 10.3. The Labute approximate surface area is 76.5 Å².